The predicted octanol–water partition coefficient (Wildman–Crippen LogP) is 1.44. The van der Waals surface area contributed by atoms with Crippen molar-refractivity contribution in [2.75, 3.05) is 17.2 Å². The van der Waals surface area contributed by atoms with Crippen molar-refractivity contribution in [3.05, 3.63) is 24.0 Å². The third kappa shape index (κ3) is 1.51. The first-order valence-electron chi connectivity index (χ1n) is 4.63. The van der Waals surface area contributed by atoms with Gasteiger partial charge in [-0.25, -0.2) is 12.8 Å². The van der Waals surface area contributed by atoms with Gasteiger partial charge in [-0.15, -0.1) is 4.40 Å². The van der Waals surface area contributed by atoms with Crippen LogP contribution in [0, 0.1) is 5.82 Å². The number of sulfonamides is 1. The van der Waals surface area contributed by atoms with Crippen molar-refractivity contribution in [3.63, 3.8) is 0 Å². The fourth-order valence-corrected chi connectivity index (χ4v) is 3.99. The van der Waals surface area contributed by atoms with E-state index in [1.165, 1.54) is 23.9 Å². The minimum absolute atomic E-state index is 0.00781. The van der Waals surface area contributed by atoms with Crippen LogP contribution in [0.1, 0.15) is 0 Å². The molecular weight excluding hydrogens is 251 g/mol. The van der Waals surface area contributed by atoms with Crippen LogP contribution in [0.4, 0.5) is 10.1 Å². The van der Waals surface area contributed by atoms with Gasteiger partial charge in [0, 0.05) is 11.4 Å². The maximum absolute atomic E-state index is 13.0. The number of hydrogen-bond acceptors (Lipinski definition) is 4. The Morgan fingerprint density at radius 2 is 2.25 bits per heavy atom. The Hall–Kier alpha value is -1.08. The quantitative estimate of drug-likeness (QED) is 0.706. The van der Waals surface area contributed by atoms with E-state index in [2.05, 4.69) is 4.40 Å². The van der Waals surface area contributed by atoms with Gasteiger partial charge < -0.3 is 4.90 Å². The highest BCUT2D eigenvalue weighted by atomic mass is 32.2. The summed E-state index contributed by atoms with van der Waals surface area (Å²) in [5.41, 5.74) is 0.833. The molecule has 0 bridgehead atoms. The van der Waals surface area contributed by atoms with E-state index < -0.39 is 10.0 Å². The molecule has 4 nitrogen and oxygen atoms in total. The Morgan fingerprint density at radius 3 is 3.06 bits per heavy atom. The van der Waals surface area contributed by atoms with E-state index in [1.54, 1.807) is 11.0 Å². The highest BCUT2D eigenvalue weighted by molar-refractivity contribution is 8.15. The average Bonchev–Trinajstić information content (AvgIpc) is 2.51. The van der Waals surface area contributed by atoms with Gasteiger partial charge in [-0.05, 0) is 30.0 Å². The molecule has 7 heteroatoms. The second-order valence-corrected chi connectivity index (χ2v) is 6.29. The summed E-state index contributed by atoms with van der Waals surface area (Å²) in [6, 6.07) is 4.41. The number of nitrogens with zero attached hydrogens (tertiary/aromatic N) is 2. The van der Waals surface area contributed by atoms with Crippen molar-refractivity contribution in [2.24, 2.45) is 4.40 Å². The molecule has 1 aromatic carbocycles. The molecule has 3 rings (SSSR count). The summed E-state index contributed by atoms with van der Waals surface area (Å²) in [6.07, 6.45) is 0. The molecular formula is C9H7FN2O2S2. The summed E-state index contributed by atoms with van der Waals surface area (Å²) < 4.78 is 39.3. The number of hydrogen-bond donors (Lipinski definition) is 0. The second-order valence-electron chi connectivity index (χ2n) is 3.53. The molecule has 1 aromatic rings. The van der Waals surface area contributed by atoms with E-state index in [4.69, 9.17) is 0 Å². The molecule has 0 spiro atoms. The fourth-order valence-electron chi connectivity index (χ4n) is 1.70. The molecule has 2 aliphatic rings. The summed E-state index contributed by atoms with van der Waals surface area (Å²) in [5, 5.41) is 0.423. The van der Waals surface area contributed by atoms with Gasteiger partial charge in [0.15, 0.2) is 5.17 Å². The molecule has 84 valence electrons. The van der Waals surface area contributed by atoms with Crippen LogP contribution in [0.3, 0.4) is 0 Å². The lowest BCUT2D eigenvalue weighted by molar-refractivity contribution is 0.596. The normalized spacial score (nSPS) is 21.3. The minimum Gasteiger partial charge on any atom is -0.318 e. The van der Waals surface area contributed by atoms with Gasteiger partial charge in [0.2, 0.25) is 0 Å². The Morgan fingerprint density at radius 1 is 1.44 bits per heavy atom. The maximum Gasteiger partial charge on any atom is 0.257 e. The van der Waals surface area contributed by atoms with Gasteiger partial charge >= 0.3 is 0 Å². The third-order valence-corrected chi connectivity index (χ3v) is 4.74. The van der Waals surface area contributed by atoms with Crippen LogP contribution in [0.25, 0.3) is 0 Å². The molecule has 2 heterocycles. The Kier molecular flexibility index (Phi) is 2.02. The summed E-state index contributed by atoms with van der Waals surface area (Å²) in [4.78, 5) is 2.52. The van der Waals surface area contributed by atoms with Crippen molar-refractivity contribution < 1.29 is 12.8 Å². The standard InChI is InChI=1S/C9H7FN2O2S2/c10-6-1-2-7-8(5-6)15-9-11-16(13,14)4-3-12(7)9/h1-2,5H,3-4H2. The van der Waals surface area contributed by atoms with E-state index in [9.17, 15) is 12.8 Å². The van der Waals surface area contributed by atoms with Crippen LogP contribution in [-0.4, -0.2) is 25.9 Å². The van der Waals surface area contributed by atoms with E-state index in [0.717, 1.165) is 10.6 Å². The molecule has 0 amide bonds. The SMILES string of the molecule is O=S1(=O)CCN2C(=N1)Sc1cc(F)ccc12. The van der Waals surface area contributed by atoms with Crippen LogP contribution < -0.4 is 4.90 Å². The van der Waals surface area contributed by atoms with Gasteiger partial charge in [0.25, 0.3) is 10.0 Å². The minimum atomic E-state index is -3.33. The lowest BCUT2D eigenvalue weighted by Crippen LogP contribution is -2.35. The first-order valence-corrected chi connectivity index (χ1v) is 7.05. The Balaban J connectivity index is 2.12. The number of thioether (sulfide) groups is 1. The molecule has 0 unspecified atom stereocenters. The van der Waals surface area contributed by atoms with Gasteiger partial charge in [0.05, 0.1) is 11.4 Å². The van der Waals surface area contributed by atoms with Crippen molar-refractivity contribution >= 4 is 32.6 Å². The van der Waals surface area contributed by atoms with E-state index in [-0.39, 0.29) is 11.6 Å². The predicted molar refractivity (Wildman–Crippen MR) is 60.8 cm³/mol. The van der Waals surface area contributed by atoms with E-state index >= 15 is 0 Å². The average molecular weight is 258 g/mol. The fraction of sp³-hybridized carbons (Fsp3) is 0.222. The highest BCUT2D eigenvalue weighted by Crippen LogP contribution is 2.41. The molecule has 0 aliphatic carbocycles. The van der Waals surface area contributed by atoms with Crippen molar-refractivity contribution in [1.29, 1.82) is 0 Å². The summed E-state index contributed by atoms with van der Waals surface area (Å²) in [7, 11) is -3.33. The van der Waals surface area contributed by atoms with Gasteiger partial charge in [-0.2, -0.15) is 0 Å². The highest BCUT2D eigenvalue weighted by Gasteiger charge is 2.33. The Labute approximate surface area is 96.2 Å². The van der Waals surface area contributed by atoms with E-state index in [1.807, 2.05) is 0 Å². The van der Waals surface area contributed by atoms with Gasteiger partial charge in [0.1, 0.15) is 5.82 Å². The lowest BCUT2D eigenvalue weighted by Gasteiger charge is -2.21. The first kappa shape index (κ1) is 10.1. The van der Waals surface area contributed by atoms with Crippen LogP contribution in [-0.2, 0) is 10.0 Å². The molecule has 0 saturated heterocycles. The number of halogens is 1. The van der Waals surface area contributed by atoms with Gasteiger partial charge in [-0.3, -0.25) is 0 Å². The number of anilines is 1. The smallest absolute Gasteiger partial charge is 0.257 e. The summed E-state index contributed by atoms with van der Waals surface area (Å²) >= 11 is 1.19. The zero-order chi connectivity index (χ0) is 11.3. The van der Waals surface area contributed by atoms with Crippen LogP contribution in [0.15, 0.2) is 27.5 Å². The van der Waals surface area contributed by atoms with Gasteiger partial charge in [-0.1, -0.05) is 0 Å². The van der Waals surface area contributed by atoms with Crippen LogP contribution in [0.5, 0.6) is 0 Å². The van der Waals surface area contributed by atoms with Crippen LogP contribution in [0.2, 0.25) is 0 Å². The maximum atomic E-state index is 13.0. The number of benzene rings is 1. The topological polar surface area (TPSA) is 49.7 Å². The van der Waals surface area contributed by atoms with Crippen molar-refractivity contribution in [1.82, 2.24) is 0 Å². The van der Waals surface area contributed by atoms with Crippen molar-refractivity contribution in [3.8, 4) is 0 Å². The lowest BCUT2D eigenvalue weighted by atomic mass is 10.3. The molecule has 0 fully saturated rings. The zero-order valence-electron chi connectivity index (χ0n) is 8.05. The van der Waals surface area contributed by atoms with Crippen molar-refractivity contribution in [2.45, 2.75) is 4.90 Å². The summed E-state index contributed by atoms with van der Waals surface area (Å²) in [5.74, 6) is -0.317. The molecule has 0 N–H and O–H groups in total. The number of rotatable bonds is 0. The first-order chi connectivity index (χ1) is 7.55. The van der Waals surface area contributed by atoms with Crippen LogP contribution >= 0.6 is 11.8 Å². The second kappa shape index (κ2) is 3.21. The molecule has 2 aliphatic heterocycles. The molecule has 0 radical (unpaired) electrons. The largest absolute Gasteiger partial charge is 0.318 e. The number of fused-ring (bicyclic) bond motifs is 3. The zero-order valence-corrected chi connectivity index (χ0v) is 9.68. The molecule has 0 saturated carbocycles. The monoisotopic (exact) mass is 258 g/mol. The molecule has 0 aromatic heterocycles. The third-order valence-electron chi connectivity index (χ3n) is 2.43. The number of amidine groups is 1. The summed E-state index contributed by atoms with van der Waals surface area (Å²) in [6.45, 7) is 0.382. The molecule has 16 heavy (non-hydrogen) atoms. The Bertz CT molecular complexity index is 598. The molecule has 0 atom stereocenters. The van der Waals surface area contributed by atoms with E-state index in [0.29, 0.717) is 11.7 Å².